The standard InChI is InChI=1S/C12H9AsN2O/c16-13-10-6-8-12(9-7-10)15-14-11-4-2-1-3-5-11/h1-9H. The Morgan fingerprint density at radius 3 is 1.88 bits per heavy atom. The Kier molecular flexibility index (Phi) is 3.73. The normalized spacial score (nSPS) is 11.0. The van der Waals surface area contributed by atoms with Gasteiger partial charge in [0, 0.05) is 0 Å². The van der Waals surface area contributed by atoms with E-state index in [9.17, 15) is 3.74 Å². The summed E-state index contributed by atoms with van der Waals surface area (Å²) in [6, 6.07) is 16.8. The van der Waals surface area contributed by atoms with Crippen molar-refractivity contribution >= 4 is 31.4 Å². The molecule has 2 aromatic carbocycles. The van der Waals surface area contributed by atoms with Crippen LogP contribution in [-0.4, -0.2) is 15.7 Å². The van der Waals surface area contributed by atoms with E-state index in [2.05, 4.69) is 10.2 Å². The summed E-state index contributed by atoms with van der Waals surface area (Å²) in [4.78, 5) is 0. The van der Waals surface area contributed by atoms with Crippen LogP contribution in [0, 0.1) is 0 Å². The van der Waals surface area contributed by atoms with Gasteiger partial charge < -0.3 is 0 Å². The van der Waals surface area contributed by atoms with E-state index in [1.807, 2.05) is 54.6 Å². The number of nitrogens with zero attached hydrogens (tertiary/aromatic N) is 2. The first-order chi connectivity index (χ1) is 7.88. The molecule has 0 saturated heterocycles. The summed E-state index contributed by atoms with van der Waals surface area (Å²) in [6.45, 7) is 0. The van der Waals surface area contributed by atoms with Crippen molar-refractivity contribution in [3.8, 4) is 0 Å². The van der Waals surface area contributed by atoms with Gasteiger partial charge in [0.25, 0.3) is 0 Å². The van der Waals surface area contributed by atoms with Crippen molar-refractivity contribution in [2.24, 2.45) is 10.2 Å². The van der Waals surface area contributed by atoms with E-state index in [0.29, 0.717) is 0 Å². The average molecular weight is 272 g/mol. The molecule has 0 aromatic heterocycles. The molecule has 0 spiro atoms. The fourth-order valence-electron chi connectivity index (χ4n) is 1.19. The maximum atomic E-state index is 10.7. The van der Waals surface area contributed by atoms with E-state index < -0.39 is 15.7 Å². The fraction of sp³-hybridized carbons (Fsp3) is 0. The summed E-state index contributed by atoms with van der Waals surface area (Å²) in [5.41, 5.74) is 1.59. The van der Waals surface area contributed by atoms with E-state index in [1.54, 1.807) is 0 Å². The minimum absolute atomic E-state index is 0.766. The van der Waals surface area contributed by atoms with Crippen LogP contribution in [0.2, 0.25) is 0 Å². The number of hydrogen-bond acceptors (Lipinski definition) is 3. The van der Waals surface area contributed by atoms with E-state index in [-0.39, 0.29) is 0 Å². The minimum atomic E-state index is -0.950. The van der Waals surface area contributed by atoms with Gasteiger partial charge in [0.05, 0.1) is 0 Å². The molecular formula is C12H9AsN2O. The fourth-order valence-corrected chi connectivity index (χ4v) is 1.76. The third-order valence-corrected chi connectivity index (χ3v) is 3.06. The molecule has 0 aliphatic carbocycles. The van der Waals surface area contributed by atoms with Crippen molar-refractivity contribution < 1.29 is 3.74 Å². The molecular weight excluding hydrogens is 263 g/mol. The van der Waals surface area contributed by atoms with E-state index in [1.165, 1.54) is 0 Å². The van der Waals surface area contributed by atoms with Crippen molar-refractivity contribution in [2.45, 2.75) is 0 Å². The van der Waals surface area contributed by atoms with Crippen LogP contribution >= 0.6 is 0 Å². The molecule has 3 nitrogen and oxygen atoms in total. The number of hydrogen-bond donors (Lipinski definition) is 0. The Labute approximate surface area is 100 Å². The zero-order chi connectivity index (χ0) is 11.2. The summed E-state index contributed by atoms with van der Waals surface area (Å²) in [5, 5.41) is 8.17. The van der Waals surface area contributed by atoms with Crippen LogP contribution in [0.4, 0.5) is 11.4 Å². The van der Waals surface area contributed by atoms with Crippen molar-refractivity contribution in [2.75, 3.05) is 0 Å². The molecule has 0 radical (unpaired) electrons. The molecule has 0 aliphatic rings. The van der Waals surface area contributed by atoms with Crippen LogP contribution in [0.15, 0.2) is 64.8 Å². The topological polar surface area (TPSA) is 41.8 Å². The third-order valence-electron chi connectivity index (χ3n) is 1.99. The summed E-state index contributed by atoms with van der Waals surface area (Å²) in [6.07, 6.45) is 0. The van der Waals surface area contributed by atoms with Gasteiger partial charge in [-0.05, 0) is 0 Å². The van der Waals surface area contributed by atoms with Crippen LogP contribution in [0.25, 0.3) is 0 Å². The monoisotopic (exact) mass is 272 g/mol. The van der Waals surface area contributed by atoms with Gasteiger partial charge >= 0.3 is 100.0 Å². The van der Waals surface area contributed by atoms with Gasteiger partial charge in [-0.15, -0.1) is 0 Å². The quantitative estimate of drug-likeness (QED) is 0.625. The van der Waals surface area contributed by atoms with Gasteiger partial charge in [0.2, 0.25) is 0 Å². The summed E-state index contributed by atoms with van der Waals surface area (Å²) < 4.78 is 11.5. The number of rotatable bonds is 3. The van der Waals surface area contributed by atoms with Crippen molar-refractivity contribution in [3.05, 3.63) is 54.6 Å². The van der Waals surface area contributed by atoms with Gasteiger partial charge in [-0.3, -0.25) is 0 Å². The Morgan fingerprint density at radius 2 is 1.31 bits per heavy atom. The van der Waals surface area contributed by atoms with Crippen LogP contribution in [0.3, 0.4) is 0 Å². The maximum absolute atomic E-state index is 10.7. The Morgan fingerprint density at radius 1 is 0.750 bits per heavy atom. The molecule has 0 atom stereocenters. The molecule has 0 fully saturated rings. The predicted octanol–water partition coefficient (Wildman–Crippen LogP) is 2.78. The van der Waals surface area contributed by atoms with Gasteiger partial charge in [-0.2, -0.15) is 0 Å². The molecule has 16 heavy (non-hydrogen) atoms. The number of benzene rings is 2. The van der Waals surface area contributed by atoms with Crippen molar-refractivity contribution in [3.63, 3.8) is 0 Å². The van der Waals surface area contributed by atoms with Crippen molar-refractivity contribution in [1.82, 2.24) is 0 Å². The molecule has 78 valence electrons. The van der Waals surface area contributed by atoms with Crippen LogP contribution in [-0.2, 0) is 3.74 Å². The number of azo groups is 1. The van der Waals surface area contributed by atoms with E-state index in [0.717, 1.165) is 15.7 Å². The Balaban J connectivity index is 2.14. The molecule has 0 N–H and O–H groups in total. The molecule has 0 bridgehead atoms. The second-order valence-electron chi connectivity index (χ2n) is 3.14. The van der Waals surface area contributed by atoms with Crippen LogP contribution < -0.4 is 4.35 Å². The zero-order valence-corrected chi connectivity index (χ0v) is 10.3. The first-order valence-corrected chi connectivity index (χ1v) is 6.49. The molecule has 0 heterocycles. The van der Waals surface area contributed by atoms with E-state index in [4.69, 9.17) is 0 Å². The summed E-state index contributed by atoms with van der Waals surface area (Å²) >= 11 is -0.950. The van der Waals surface area contributed by atoms with Crippen LogP contribution in [0.1, 0.15) is 0 Å². The Bertz CT molecular complexity index is 494. The summed E-state index contributed by atoms with van der Waals surface area (Å²) in [7, 11) is 0. The summed E-state index contributed by atoms with van der Waals surface area (Å²) in [5.74, 6) is 0. The molecule has 0 amide bonds. The molecule has 2 rings (SSSR count). The second kappa shape index (κ2) is 5.47. The third kappa shape index (κ3) is 2.94. The molecule has 0 saturated carbocycles. The SMILES string of the molecule is O=[As]c1ccc(N=Nc2ccccc2)cc1. The molecule has 2 aromatic rings. The van der Waals surface area contributed by atoms with Gasteiger partial charge in [0.1, 0.15) is 0 Å². The first kappa shape index (κ1) is 10.9. The Hall–Kier alpha value is -1.60. The average Bonchev–Trinajstić information content (AvgIpc) is 2.38. The van der Waals surface area contributed by atoms with Crippen LogP contribution in [0.5, 0.6) is 0 Å². The van der Waals surface area contributed by atoms with Gasteiger partial charge in [-0.1, -0.05) is 0 Å². The molecule has 0 unspecified atom stereocenters. The zero-order valence-electron chi connectivity index (χ0n) is 8.45. The molecule has 4 heteroatoms. The second-order valence-corrected chi connectivity index (χ2v) is 4.61. The van der Waals surface area contributed by atoms with Gasteiger partial charge in [-0.25, -0.2) is 0 Å². The van der Waals surface area contributed by atoms with Gasteiger partial charge in [0.15, 0.2) is 0 Å². The van der Waals surface area contributed by atoms with E-state index >= 15 is 0 Å². The predicted molar refractivity (Wildman–Crippen MR) is 63.1 cm³/mol. The first-order valence-electron chi connectivity index (χ1n) is 4.79. The molecule has 0 aliphatic heterocycles. The van der Waals surface area contributed by atoms with Crippen molar-refractivity contribution in [1.29, 1.82) is 0 Å².